The quantitative estimate of drug-likeness (QED) is 0.347. The molecular formula is C12H18O4. The first-order chi connectivity index (χ1) is 7.50. The molecule has 1 rings (SSSR count). The number of carbonyl (C=O) groups is 1. The zero-order valence-corrected chi connectivity index (χ0v) is 9.90. The lowest BCUT2D eigenvalue weighted by Gasteiger charge is -2.38. The Hall–Kier alpha value is -1.13. The van der Waals surface area contributed by atoms with Crippen LogP contribution < -0.4 is 0 Å². The minimum atomic E-state index is -0.902. The standard InChI is InChI=1S/C12H18O4/c1-8(2)12(11(13)15-4)7-5-6-10(16-14)9(12)3/h5,7-8,10,14H,3,6H2,1-2,4H3/t10-,12-/m1/s1. The van der Waals surface area contributed by atoms with E-state index in [9.17, 15) is 4.79 Å². The van der Waals surface area contributed by atoms with Crippen molar-refractivity contribution >= 4 is 5.97 Å². The van der Waals surface area contributed by atoms with E-state index in [2.05, 4.69) is 11.5 Å². The van der Waals surface area contributed by atoms with E-state index in [0.717, 1.165) is 0 Å². The molecule has 0 heterocycles. The summed E-state index contributed by atoms with van der Waals surface area (Å²) in [7, 11) is 1.34. The third-order valence-corrected chi connectivity index (χ3v) is 3.21. The maximum absolute atomic E-state index is 11.9. The highest BCUT2D eigenvalue weighted by atomic mass is 17.1. The normalized spacial score (nSPS) is 29.6. The molecule has 0 bridgehead atoms. The molecule has 16 heavy (non-hydrogen) atoms. The predicted molar refractivity (Wildman–Crippen MR) is 59.7 cm³/mol. The number of methoxy groups -OCH3 is 1. The van der Waals surface area contributed by atoms with Gasteiger partial charge in [0.15, 0.2) is 0 Å². The molecule has 0 saturated carbocycles. The molecule has 2 atom stereocenters. The zero-order chi connectivity index (χ0) is 12.3. The second kappa shape index (κ2) is 4.80. The molecule has 0 radical (unpaired) electrons. The minimum absolute atomic E-state index is 0.0124. The molecule has 0 fully saturated rings. The third-order valence-electron chi connectivity index (χ3n) is 3.21. The van der Waals surface area contributed by atoms with Crippen molar-refractivity contribution in [1.82, 2.24) is 0 Å². The van der Waals surface area contributed by atoms with Gasteiger partial charge in [0, 0.05) is 0 Å². The topological polar surface area (TPSA) is 55.8 Å². The fourth-order valence-electron chi connectivity index (χ4n) is 2.17. The van der Waals surface area contributed by atoms with E-state index in [1.54, 1.807) is 6.08 Å². The molecule has 0 spiro atoms. The van der Waals surface area contributed by atoms with Gasteiger partial charge >= 0.3 is 5.97 Å². The first-order valence-corrected chi connectivity index (χ1v) is 5.26. The van der Waals surface area contributed by atoms with Crippen molar-refractivity contribution in [2.45, 2.75) is 26.4 Å². The van der Waals surface area contributed by atoms with Crippen LogP contribution in [0.25, 0.3) is 0 Å². The Balaban J connectivity index is 3.20. The Kier molecular flexibility index (Phi) is 3.88. The van der Waals surface area contributed by atoms with Crippen molar-refractivity contribution < 1.29 is 19.7 Å². The fourth-order valence-corrected chi connectivity index (χ4v) is 2.17. The van der Waals surface area contributed by atoms with E-state index in [-0.39, 0.29) is 11.9 Å². The lowest BCUT2D eigenvalue weighted by Crippen LogP contribution is -2.43. The Bertz CT molecular complexity index is 319. The smallest absolute Gasteiger partial charge is 0.320 e. The summed E-state index contributed by atoms with van der Waals surface area (Å²) < 4.78 is 4.83. The molecule has 90 valence electrons. The summed E-state index contributed by atoms with van der Waals surface area (Å²) in [6.45, 7) is 7.69. The molecule has 0 saturated heterocycles. The lowest BCUT2D eigenvalue weighted by atomic mass is 9.67. The molecule has 1 aliphatic rings. The molecule has 0 aromatic heterocycles. The molecule has 4 heteroatoms. The van der Waals surface area contributed by atoms with Gasteiger partial charge in [-0.3, -0.25) is 10.1 Å². The molecule has 4 nitrogen and oxygen atoms in total. The van der Waals surface area contributed by atoms with Crippen LogP contribution in [-0.2, 0) is 14.4 Å². The molecule has 0 unspecified atom stereocenters. The molecule has 0 aliphatic heterocycles. The number of hydrogen-bond acceptors (Lipinski definition) is 4. The van der Waals surface area contributed by atoms with Gasteiger partial charge in [0.05, 0.1) is 7.11 Å². The van der Waals surface area contributed by atoms with Crippen LogP contribution in [0.3, 0.4) is 0 Å². The Labute approximate surface area is 95.5 Å². The predicted octanol–water partition coefficient (Wildman–Crippen LogP) is 2.18. The fraction of sp³-hybridized carbons (Fsp3) is 0.583. The largest absolute Gasteiger partial charge is 0.468 e. The maximum Gasteiger partial charge on any atom is 0.320 e. The van der Waals surface area contributed by atoms with Gasteiger partial charge in [0.25, 0.3) is 0 Å². The molecule has 0 aromatic rings. The summed E-state index contributed by atoms with van der Waals surface area (Å²) in [5.74, 6) is -0.382. The van der Waals surface area contributed by atoms with Crippen molar-refractivity contribution in [3.8, 4) is 0 Å². The van der Waals surface area contributed by atoms with Gasteiger partial charge in [-0.15, -0.1) is 0 Å². The number of rotatable bonds is 3. The van der Waals surface area contributed by atoms with Crippen LogP contribution in [0.2, 0.25) is 0 Å². The van der Waals surface area contributed by atoms with Crippen LogP contribution in [0.4, 0.5) is 0 Å². The first kappa shape index (κ1) is 12.9. The van der Waals surface area contributed by atoms with E-state index >= 15 is 0 Å². The van der Waals surface area contributed by atoms with Crippen LogP contribution in [0, 0.1) is 11.3 Å². The van der Waals surface area contributed by atoms with Crippen LogP contribution >= 0.6 is 0 Å². The highest BCUT2D eigenvalue weighted by Gasteiger charge is 2.47. The second-order valence-corrected chi connectivity index (χ2v) is 4.27. The van der Waals surface area contributed by atoms with Crippen molar-refractivity contribution in [1.29, 1.82) is 0 Å². The Morgan fingerprint density at radius 3 is 2.75 bits per heavy atom. The van der Waals surface area contributed by atoms with Crippen LogP contribution in [-0.4, -0.2) is 24.4 Å². The Morgan fingerprint density at radius 1 is 1.69 bits per heavy atom. The van der Waals surface area contributed by atoms with Gasteiger partial charge in [-0.1, -0.05) is 32.6 Å². The van der Waals surface area contributed by atoms with Crippen molar-refractivity contribution in [2.24, 2.45) is 11.3 Å². The summed E-state index contributed by atoms with van der Waals surface area (Å²) in [6.07, 6.45) is 3.57. The average Bonchev–Trinajstić information content (AvgIpc) is 2.28. The molecular weight excluding hydrogens is 208 g/mol. The van der Waals surface area contributed by atoms with Crippen LogP contribution in [0.15, 0.2) is 24.3 Å². The first-order valence-electron chi connectivity index (χ1n) is 5.26. The van der Waals surface area contributed by atoms with Gasteiger partial charge in [0.2, 0.25) is 0 Å². The number of carbonyl (C=O) groups excluding carboxylic acids is 1. The molecule has 0 amide bonds. The highest BCUT2D eigenvalue weighted by molar-refractivity contribution is 5.84. The monoisotopic (exact) mass is 226 g/mol. The van der Waals surface area contributed by atoms with Gasteiger partial charge in [0.1, 0.15) is 11.5 Å². The SMILES string of the molecule is C=C1[C@H](OO)CC=C[C@@]1(C(=O)OC)C(C)C. The molecule has 1 aliphatic carbocycles. The van der Waals surface area contributed by atoms with E-state index < -0.39 is 11.5 Å². The minimum Gasteiger partial charge on any atom is -0.468 e. The van der Waals surface area contributed by atoms with Gasteiger partial charge < -0.3 is 4.74 Å². The van der Waals surface area contributed by atoms with Crippen LogP contribution in [0.5, 0.6) is 0 Å². The summed E-state index contributed by atoms with van der Waals surface area (Å²) in [4.78, 5) is 16.3. The third kappa shape index (κ3) is 1.79. The molecule has 0 aromatic carbocycles. The van der Waals surface area contributed by atoms with E-state index in [1.165, 1.54) is 7.11 Å². The van der Waals surface area contributed by atoms with Crippen molar-refractivity contribution in [3.05, 3.63) is 24.3 Å². The maximum atomic E-state index is 11.9. The summed E-state index contributed by atoms with van der Waals surface area (Å²) in [5, 5.41) is 8.78. The Morgan fingerprint density at radius 2 is 2.31 bits per heavy atom. The van der Waals surface area contributed by atoms with E-state index in [4.69, 9.17) is 9.99 Å². The van der Waals surface area contributed by atoms with Crippen molar-refractivity contribution in [2.75, 3.05) is 7.11 Å². The zero-order valence-electron chi connectivity index (χ0n) is 9.90. The van der Waals surface area contributed by atoms with E-state index in [1.807, 2.05) is 19.9 Å². The lowest BCUT2D eigenvalue weighted by molar-refractivity contribution is -0.271. The van der Waals surface area contributed by atoms with Crippen molar-refractivity contribution in [3.63, 3.8) is 0 Å². The van der Waals surface area contributed by atoms with E-state index in [0.29, 0.717) is 12.0 Å². The van der Waals surface area contributed by atoms with Crippen LogP contribution in [0.1, 0.15) is 20.3 Å². The number of hydrogen-bond donors (Lipinski definition) is 1. The van der Waals surface area contributed by atoms with Gasteiger partial charge in [-0.05, 0) is 17.9 Å². The summed E-state index contributed by atoms with van der Waals surface area (Å²) >= 11 is 0. The second-order valence-electron chi connectivity index (χ2n) is 4.27. The van der Waals surface area contributed by atoms with Gasteiger partial charge in [-0.2, -0.15) is 0 Å². The number of esters is 1. The summed E-state index contributed by atoms with van der Waals surface area (Å²) in [5.41, 5.74) is -0.361. The van der Waals surface area contributed by atoms with Gasteiger partial charge in [-0.25, -0.2) is 4.89 Å². The number of ether oxygens (including phenoxy) is 1. The molecule has 1 N–H and O–H groups in total. The highest BCUT2D eigenvalue weighted by Crippen LogP contribution is 2.43. The average molecular weight is 226 g/mol. The summed E-state index contributed by atoms with van der Waals surface area (Å²) in [6, 6.07) is 0.